The maximum atomic E-state index is 12.0. The van der Waals surface area contributed by atoms with Gasteiger partial charge in [-0.3, -0.25) is 4.79 Å². The molecule has 3 nitrogen and oxygen atoms in total. The summed E-state index contributed by atoms with van der Waals surface area (Å²) < 4.78 is 5.50. The molecule has 21 heavy (non-hydrogen) atoms. The molecule has 0 aromatic heterocycles. The topological polar surface area (TPSA) is 38.3 Å². The third-order valence-corrected chi connectivity index (χ3v) is 4.34. The molecule has 0 spiro atoms. The number of carbonyl (C=O) groups is 1. The van der Waals surface area contributed by atoms with Crippen molar-refractivity contribution in [3.63, 3.8) is 0 Å². The number of benzene rings is 1. The van der Waals surface area contributed by atoms with Crippen LogP contribution in [0.2, 0.25) is 5.02 Å². The summed E-state index contributed by atoms with van der Waals surface area (Å²) in [6.07, 6.45) is 2.40. The second-order valence-corrected chi connectivity index (χ2v) is 6.71. The van der Waals surface area contributed by atoms with Gasteiger partial charge >= 0.3 is 0 Å². The van der Waals surface area contributed by atoms with Gasteiger partial charge in [-0.25, -0.2) is 0 Å². The maximum Gasteiger partial charge on any atom is 0.220 e. The van der Waals surface area contributed by atoms with Crippen molar-refractivity contribution in [3.8, 4) is 0 Å². The molecule has 0 aliphatic carbocycles. The van der Waals surface area contributed by atoms with E-state index >= 15 is 0 Å². The van der Waals surface area contributed by atoms with Crippen LogP contribution in [0, 0.1) is 5.92 Å². The number of amides is 1. The van der Waals surface area contributed by atoms with Crippen molar-refractivity contribution < 1.29 is 9.53 Å². The molecule has 1 aromatic rings. The highest BCUT2D eigenvalue weighted by Crippen LogP contribution is 2.35. The Hall–Kier alpha value is -1.06. The molecule has 1 aliphatic rings. The Labute approximate surface area is 132 Å². The highest BCUT2D eigenvalue weighted by Gasteiger charge is 2.35. The van der Waals surface area contributed by atoms with Crippen molar-refractivity contribution in [2.75, 3.05) is 19.8 Å². The van der Waals surface area contributed by atoms with Gasteiger partial charge in [-0.05, 0) is 36.5 Å². The summed E-state index contributed by atoms with van der Waals surface area (Å²) in [5.74, 6) is 0.500. The molecule has 1 saturated heterocycles. The Morgan fingerprint density at radius 3 is 2.71 bits per heavy atom. The van der Waals surface area contributed by atoms with Crippen molar-refractivity contribution in [1.82, 2.24) is 5.32 Å². The van der Waals surface area contributed by atoms with E-state index < -0.39 is 0 Å². The SMILES string of the molecule is CC(C)CC(=O)NCC1(c2cccc(Cl)c2)CCOCC1. The summed E-state index contributed by atoms with van der Waals surface area (Å²) in [6.45, 7) is 6.23. The first-order chi connectivity index (χ1) is 10.0. The zero-order chi connectivity index (χ0) is 15.3. The van der Waals surface area contributed by atoms with Crippen molar-refractivity contribution in [1.29, 1.82) is 0 Å². The van der Waals surface area contributed by atoms with Crippen molar-refractivity contribution in [2.24, 2.45) is 5.92 Å². The fourth-order valence-corrected chi connectivity index (χ4v) is 3.05. The average molecular weight is 310 g/mol. The van der Waals surface area contributed by atoms with E-state index in [2.05, 4.69) is 25.2 Å². The van der Waals surface area contributed by atoms with Crippen LogP contribution in [0.4, 0.5) is 0 Å². The summed E-state index contributed by atoms with van der Waals surface area (Å²) in [7, 11) is 0. The number of carbonyl (C=O) groups excluding carboxylic acids is 1. The van der Waals surface area contributed by atoms with E-state index in [1.54, 1.807) is 0 Å². The van der Waals surface area contributed by atoms with Gasteiger partial charge in [-0.1, -0.05) is 37.6 Å². The zero-order valence-electron chi connectivity index (χ0n) is 12.8. The molecular weight excluding hydrogens is 286 g/mol. The van der Waals surface area contributed by atoms with Crippen molar-refractivity contribution in [3.05, 3.63) is 34.9 Å². The molecule has 0 atom stereocenters. The molecule has 0 radical (unpaired) electrons. The lowest BCUT2D eigenvalue weighted by atomic mass is 9.74. The van der Waals surface area contributed by atoms with E-state index in [1.807, 2.05) is 18.2 Å². The van der Waals surface area contributed by atoms with Gasteiger partial charge in [0.1, 0.15) is 0 Å². The number of hydrogen-bond donors (Lipinski definition) is 1. The average Bonchev–Trinajstić information content (AvgIpc) is 2.45. The van der Waals surface area contributed by atoms with Crippen LogP contribution in [-0.4, -0.2) is 25.7 Å². The first-order valence-electron chi connectivity index (χ1n) is 7.62. The van der Waals surface area contributed by atoms with E-state index in [1.165, 1.54) is 5.56 Å². The second kappa shape index (κ2) is 7.28. The van der Waals surface area contributed by atoms with Crippen LogP contribution < -0.4 is 5.32 Å². The van der Waals surface area contributed by atoms with Gasteiger partial charge in [0.15, 0.2) is 0 Å². The molecule has 1 heterocycles. The summed E-state index contributed by atoms with van der Waals surface area (Å²) in [5, 5.41) is 3.85. The lowest BCUT2D eigenvalue weighted by Gasteiger charge is -2.38. The Balaban J connectivity index is 2.12. The van der Waals surface area contributed by atoms with Gasteiger partial charge < -0.3 is 10.1 Å². The number of ether oxygens (including phenoxy) is 1. The van der Waals surface area contributed by atoms with Gasteiger partial charge in [-0.15, -0.1) is 0 Å². The summed E-state index contributed by atoms with van der Waals surface area (Å²) in [6, 6.07) is 7.98. The lowest BCUT2D eigenvalue weighted by molar-refractivity contribution is -0.122. The van der Waals surface area contributed by atoms with Crippen LogP contribution in [0.5, 0.6) is 0 Å². The van der Waals surface area contributed by atoms with Crippen LogP contribution in [0.1, 0.15) is 38.7 Å². The molecule has 0 bridgehead atoms. The molecule has 1 aromatic carbocycles. The molecule has 1 N–H and O–H groups in total. The molecule has 1 amide bonds. The number of nitrogens with one attached hydrogen (secondary N) is 1. The van der Waals surface area contributed by atoms with Crippen LogP contribution in [0.25, 0.3) is 0 Å². The largest absolute Gasteiger partial charge is 0.381 e. The number of hydrogen-bond acceptors (Lipinski definition) is 2. The normalized spacial score (nSPS) is 17.7. The molecule has 1 aliphatic heterocycles. The molecule has 4 heteroatoms. The minimum absolute atomic E-state index is 0.0597. The third kappa shape index (κ3) is 4.45. The molecule has 0 saturated carbocycles. The Morgan fingerprint density at radius 1 is 1.38 bits per heavy atom. The first-order valence-corrected chi connectivity index (χ1v) is 8.00. The highest BCUT2D eigenvalue weighted by molar-refractivity contribution is 6.30. The van der Waals surface area contributed by atoms with Crippen LogP contribution in [0.3, 0.4) is 0 Å². The quantitative estimate of drug-likeness (QED) is 0.903. The van der Waals surface area contributed by atoms with E-state index in [9.17, 15) is 4.79 Å². The van der Waals surface area contributed by atoms with Crippen LogP contribution in [-0.2, 0) is 14.9 Å². The highest BCUT2D eigenvalue weighted by atomic mass is 35.5. The Bertz CT molecular complexity index is 481. The molecule has 0 unspecified atom stereocenters. The van der Waals surface area contributed by atoms with Crippen LogP contribution >= 0.6 is 11.6 Å². The van der Waals surface area contributed by atoms with E-state index in [0.717, 1.165) is 31.1 Å². The van der Waals surface area contributed by atoms with Crippen LogP contribution in [0.15, 0.2) is 24.3 Å². The summed E-state index contributed by atoms with van der Waals surface area (Å²) >= 11 is 6.14. The Kier molecular flexibility index (Phi) is 5.65. The van der Waals surface area contributed by atoms with Gasteiger partial charge in [0.25, 0.3) is 0 Å². The van der Waals surface area contributed by atoms with E-state index in [4.69, 9.17) is 16.3 Å². The summed E-state index contributed by atoms with van der Waals surface area (Å²) in [4.78, 5) is 12.0. The van der Waals surface area contributed by atoms with Gasteiger partial charge in [0.2, 0.25) is 5.91 Å². The molecular formula is C17H24ClNO2. The fourth-order valence-electron chi connectivity index (χ4n) is 2.86. The van der Waals surface area contributed by atoms with Gasteiger partial charge in [0.05, 0.1) is 0 Å². The van der Waals surface area contributed by atoms with Crippen molar-refractivity contribution >= 4 is 17.5 Å². The number of rotatable bonds is 5. The first kappa shape index (κ1) is 16.3. The van der Waals surface area contributed by atoms with E-state index in [0.29, 0.717) is 18.9 Å². The smallest absolute Gasteiger partial charge is 0.220 e. The standard InChI is InChI=1S/C17H24ClNO2/c1-13(2)10-16(20)19-12-17(6-8-21-9-7-17)14-4-3-5-15(18)11-14/h3-5,11,13H,6-10,12H2,1-2H3,(H,19,20). The summed E-state index contributed by atoms with van der Waals surface area (Å²) in [5.41, 5.74) is 1.14. The minimum atomic E-state index is -0.0597. The maximum absolute atomic E-state index is 12.0. The van der Waals surface area contributed by atoms with Gasteiger partial charge in [0, 0.05) is 36.6 Å². The molecule has 116 valence electrons. The Morgan fingerprint density at radius 2 is 2.10 bits per heavy atom. The fraction of sp³-hybridized carbons (Fsp3) is 0.588. The lowest BCUT2D eigenvalue weighted by Crippen LogP contribution is -2.44. The monoisotopic (exact) mass is 309 g/mol. The molecule has 1 fully saturated rings. The number of halogens is 1. The predicted molar refractivity (Wildman–Crippen MR) is 85.6 cm³/mol. The minimum Gasteiger partial charge on any atom is -0.381 e. The third-order valence-electron chi connectivity index (χ3n) is 4.10. The predicted octanol–water partition coefficient (Wildman–Crippen LogP) is 3.55. The second-order valence-electron chi connectivity index (χ2n) is 6.28. The van der Waals surface area contributed by atoms with Crippen molar-refractivity contribution in [2.45, 2.75) is 38.5 Å². The van der Waals surface area contributed by atoms with Gasteiger partial charge in [-0.2, -0.15) is 0 Å². The van der Waals surface area contributed by atoms with E-state index in [-0.39, 0.29) is 11.3 Å². The molecule has 2 rings (SSSR count). The zero-order valence-corrected chi connectivity index (χ0v) is 13.6.